The molecule has 1 aliphatic carbocycles. The molecule has 6 heteroatoms. The molecular formula is C20H29NO5. The summed E-state index contributed by atoms with van der Waals surface area (Å²) in [7, 11) is 3.28. The minimum atomic E-state index is -0.177. The van der Waals surface area contributed by atoms with Gasteiger partial charge in [0, 0.05) is 6.61 Å². The highest BCUT2D eigenvalue weighted by Crippen LogP contribution is 2.47. The summed E-state index contributed by atoms with van der Waals surface area (Å²) in [5.41, 5.74) is 1.11. The molecule has 2 atom stereocenters. The lowest BCUT2D eigenvalue weighted by Crippen LogP contribution is -2.42. The zero-order chi connectivity index (χ0) is 18.8. The summed E-state index contributed by atoms with van der Waals surface area (Å²) < 4.78 is 15.2. The highest BCUT2D eigenvalue weighted by molar-refractivity contribution is 5.76. The van der Waals surface area contributed by atoms with Crippen LogP contribution in [0.3, 0.4) is 0 Å². The molecule has 1 aliphatic heterocycles. The third-order valence-electron chi connectivity index (χ3n) is 4.97. The van der Waals surface area contributed by atoms with Crippen LogP contribution in [-0.4, -0.2) is 44.8 Å². The lowest BCUT2D eigenvalue weighted by Gasteiger charge is -2.25. The molecule has 1 saturated heterocycles. The van der Waals surface area contributed by atoms with E-state index in [1.165, 1.54) is 7.11 Å². The van der Waals surface area contributed by atoms with Crippen LogP contribution >= 0.6 is 0 Å². The first-order valence-corrected chi connectivity index (χ1v) is 9.12. The monoisotopic (exact) mass is 363 g/mol. The van der Waals surface area contributed by atoms with Crippen molar-refractivity contribution in [3.63, 3.8) is 0 Å². The lowest BCUT2D eigenvalue weighted by molar-refractivity contribution is -0.144. The number of hydrogen-bond donors (Lipinski definition) is 1. The number of carbonyl (C=O) groups excluding carboxylic acids is 2. The first-order valence-electron chi connectivity index (χ1n) is 9.12. The lowest BCUT2D eigenvalue weighted by atomic mass is 9.89. The van der Waals surface area contributed by atoms with E-state index in [2.05, 4.69) is 10.1 Å². The summed E-state index contributed by atoms with van der Waals surface area (Å²) in [6, 6.07) is 9.37. The minimum absolute atomic E-state index is 0.101. The van der Waals surface area contributed by atoms with Crippen LogP contribution in [0, 0.1) is 5.92 Å². The Morgan fingerprint density at radius 3 is 2.69 bits per heavy atom. The van der Waals surface area contributed by atoms with Gasteiger partial charge in [-0.05, 0) is 50.6 Å². The molecule has 1 saturated carbocycles. The van der Waals surface area contributed by atoms with Crippen molar-refractivity contribution in [3.8, 4) is 0 Å². The van der Waals surface area contributed by atoms with E-state index in [0.29, 0.717) is 19.0 Å². The largest absolute Gasteiger partial charge is 0.468 e. The van der Waals surface area contributed by atoms with Gasteiger partial charge >= 0.3 is 5.97 Å². The Labute approximate surface area is 155 Å². The Bertz CT molecular complexity index is 559. The van der Waals surface area contributed by atoms with Gasteiger partial charge in [0.1, 0.15) is 12.6 Å². The number of benzene rings is 1. The summed E-state index contributed by atoms with van der Waals surface area (Å²) in [6.07, 6.45) is 5.39. The summed E-state index contributed by atoms with van der Waals surface area (Å²) in [5, 5.41) is 3.09. The average Bonchev–Trinajstić information content (AvgIpc) is 3.48. The van der Waals surface area contributed by atoms with E-state index in [4.69, 9.17) is 9.47 Å². The summed E-state index contributed by atoms with van der Waals surface area (Å²) >= 11 is 0. The summed E-state index contributed by atoms with van der Waals surface area (Å²) in [4.78, 5) is 21.4. The second-order valence-electron chi connectivity index (χ2n) is 6.82. The Morgan fingerprint density at radius 1 is 1.38 bits per heavy atom. The molecule has 1 spiro atoms. The smallest absolute Gasteiger partial charge is 0.323 e. The van der Waals surface area contributed by atoms with Crippen molar-refractivity contribution < 1.29 is 23.8 Å². The van der Waals surface area contributed by atoms with Gasteiger partial charge in [0.15, 0.2) is 0 Å². The van der Waals surface area contributed by atoms with Crippen molar-refractivity contribution in [1.82, 2.24) is 5.32 Å². The number of carbonyl (C=O) groups is 2. The van der Waals surface area contributed by atoms with Crippen LogP contribution in [0.4, 0.5) is 0 Å². The molecular weight excluding hydrogens is 334 g/mol. The highest BCUT2D eigenvalue weighted by Gasteiger charge is 2.48. The minimum Gasteiger partial charge on any atom is -0.468 e. The first kappa shape index (κ1) is 20.4. The highest BCUT2D eigenvalue weighted by atomic mass is 16.5. The average molecular weight is 363 g/mol. The predicted octanol–water partition coefficient (Wildman–Crippen LogP) is 2.46. The summed E-state index contributed by atoms with van der Waals surface area (Å²) in [6.45, 7) is 1.66. The number of rotatable bonds is 6. The molecule has 3 rings (SSSR count). The van der Waals surface area contributed by atoms with E-state index >= 15 is 0 Å². The van der Waals surface area contributed by atoms with Crippen LogP contribution in [0.25, 0.3) is 0 Å². The molecule has 26 heavy (non-hydrogen) atoms. The molecule has 0 aromatic heterocycles. The van der Waals surface area contributed by atoms with Crippen molar-refractivity contribution in [3.05, 3.63) is 35.9 Å². The Morgan fingerprint density at radius 2 is 2.12 bits per heavy atom. The fourth-order valence-corrected chi connectivity index (χ4v) is 3.42. The number of nitrogens with one attached hydrogen (secondary N) is 1. The van der Waals surface area contributed by atoms with Gasteiger partial charge in [-0.1, -0.05) is 30.3 Å². The SMILES string of the molecule is CN[C@H](C(=O)OC)[C@@H]1CCCOC2(CC2)C1.O=COCc1ccccc1. The third-order valence-corrected chi connectivity index (χ3v) is 4.97. The Hall–Kier alpha value is -1.92. The number of likely N-dealkylation sites (N-methyl/N-ethyl adjacent to an activating group) is 1. The number of ether oxygens (including phenoxy) is 3. The predicted molar refractivity (Wildman–Crippen MR) is 97.4 cm³/mol. The number of methoxy groups -OCH3 is 1. The van der Waals surface area contributed by atoms with Gasteiger partial charge in [-0.2, -0.15) is 0 Å². The van der Waals surface area contributed by atoms with Gasteiger partial charge in [0.2, 0.25) is 0 Å². The molecule has 0 radical (unpaired) electrons. The van der Waals surface area contributed by atoms with Crippen LogP contribution in [-0.2, 0) is 30.4 Å². The molecule has 6 nitrogen and oxygen atoms in total. The quantitative estimate of drug-likeness (QED) is 0.618. The molecule has 1 aromatic carbocycles. The maximum Gasteiger partial charge on any atom is 0.323 e. The van der Waals surface area contributed by atoms with Crippen molar-refractivity contribution in [2.45, 2.75) is 50.4 Å². The van der Waals surface area contributed by atoms with Gasteiger partial charge in [-0.15, -0.1) is 0 Å². The Balaban J connectivity index is 0.000000209. The maximum atomic E-state index is 11.7. The van der Waals surface area contributed by atoms with E-state index in [0.717, 1.165) is 44.3 Å². The second kappa shape index (κ2) is 10.3. The molecule has 144 valence electrons. The normalized spacial score (nSPS) is 21.5. The zero-order valence-electron chi connectivity index (χ0n) is 15.6. The van der Waals surface area contributed by atoms with E-state index in [1.807, 2.05) is 37.4 Å². The number of esters is 1. The van der Waals surface area contributed by atoms with E-state index in [-0.39, 0.29) is 17.6 Å². The second-order valence-corrected chi connectivity index (χ2v) is 6.82. The third kappa shape index (κ3) is 6.11. The molecule has 1 N–H and O–H groups in total. The first-order chi connectivity index (χ1) is 12.6. The number of hydrogen-bond acceptors (Lipinski definition) is 6. The van der Waals surface area contributed by atoms with Crippen LogP contribution in [0.2, 0.25) is 0 Å². The molecule has 2 fully saturated rings. The van der Waals surface area contributed by atoms with Crippen molar-refractivity contribution in [1.29, 1.82) is 0 Å². The van der Waals surface area contributed by atoms with Gasteiger partial charge in [0.05, 0.1) is 12.7 Å². The molecule has 1 aromatic rings. The topological polar surface area (TPSA) is 73.9 Å². The van der Waals surface area contributed by atoms with Gasteiger partial charge < -0.3 is 19.5 Å². The van der Waals surface area contributed by atoms with Crippen LogP contribution in [0.1, 0.15) is 37.7 Å². The van der Waals surface area contributed by atoms with Crippen molar-refractivity contribution in [2.75, 3.05) is 20.8 Å². The Kier molecular flexibility index (Phi) is 8.06. The van der Waals surface area contributed by atoms with Gasteiger partial charge in [-0.3, -0.25) is 9.59 Å². The molecule has 2 aliphatic rings. The maximum absolute atomic E-state index is 11.7. The van der Waals surface area contributed by atoms with Crippen LogP contribution < -0.4 is 5.32 Å². The van der Waals surface area contributed by atoms with Crippen LogP contribution in [0.5, 0.6) is 0 Å². The van der Waals surface area contributed by atoms with Crippen molar-refractivity contribution in [2.24, 2.45) is 5.92 Å². The molecule has 0 unspecified atom stereocenters. The molecule has 0 bridgehead atoms. The van der Waals surface area contributed by atoms with Gasteiger partial charge in [-0.25, -0.2) is 0 Å². The standard InChI is InChI=1S/C12H21NO3.C8H8O2/c1-13-10(11(14)15-2)9-4-3-7-16-12(8-9)5-6-12;9-7-10-6-8-4-2-1-3-5-8/h9-10,13H,3-8H2,1-2H3;1-5,7H,6H2/t9-,10+;/m1./s1. The van der Waals surface area contributed by atoms with E-state index < -0.39 is 0 Å². The van der Waals surface area contributed by atoms with E-state index in [1.54, 1.807) is 0 Å². The zero-order valence-corrected chi connectivity index (χ0v) is 15.6. The molecule has 1 heterocycles. The van der Waals surface area contributed by atoms with Crippen LogP contribution in [0.15, 0.2) is 30.3 Å². The fraction of sp³-hybridized carbons (Fsp3) is 0.600. The van der Waals surface area contributed by atoms with Crippen molar-refractivity contribution >= 4 is 12.4 Å². The van der Waals surface area contributed by atoms with E-state index in [9.17, 15) is 9.59 Å². The molecule has 0 amide bonds. The van der Waals surface area contributed by atoms with Gasteiger partial charge in [0.25, 0.3) is 6.47 Å². The summed E-state index contributed by atoms with van der Waals surface area (Å²) in [5.74, 6) is 0.202. The fourth-order valence-electron chi connectivity index (χ4n) is 3.42.